The van der Waals surface area contributed by atoms with Gasteiger partial charge in [0.05, 0.1) is 24.1 Å². The number of benzene rings is 2. The molecule has 7 nitrogen and oxygen atoms in total. The topological polar surface area (TPSA) is 78.3 Å². The molecule has 0 aliphatic heterocycles. The van der Waals surface area contributed by atoms with Crippen molar-refractivity contribution in [3.63, 3.8) is 0 Å². The van der Waals surface area contributed by atoms with Gasteiger partial charge in [0, 0.05) is 48.1 Å². The number of rotatable bonds is 8. The molecule has 1 N–H and O–H groups in total. The highest BCUT2D eigenvalue weighted by atomic mass is 19.4. The number of nitrogens with one attached hydrogen (secondary N) is 1. The van der Waals surface area contributed by atoms with E-state index in [1.807, 2.05) is 6.92 Å². The maximum Gasteiger partial charge on any atom is 0.416 e. The van der Waals surface area contributed by atoms with Crippen molar-refractivity contribution in [3.05, 3.63) is 90.0 Å². The van der Waals surface area contributed by atoms with Crippen molar-refractivity contribution < 1.29 is 27.4 Å². The first kappa shape index (κ1) is 24.9. The molecule has 2 aromatic heterocycles. The van der Waals surface area contributed by atoms with E-state index in [9.17, 15) is 18.0 Å². The Morgan fingerprint density at radius 2 is 1.92 bits per heavy atom. The summed E-state index contributed by atoms with van der Waals surface area (Å²) in [6, 6.07) is 11.2. The first-order chi connectivity index (χ1) is 17.3. The minimum absolute atomic E-state index is 0.0918. The number of anilines is 1. The molecule has 186 valence electrons. The average molecular weight is 496 g/mol. The third-order valence-corrected chi connectivity index (χ3v) is 5.39. The predicted molar refractivity (Wildman–Crippen MR) is 128 cm³/mol. The molecule has 0 radical (unpaired) electrons. The van der Waals surface area contributed by atoms with Gasteiger partial charge in [0.15, 0.2) is 0 Å². The van der Waals surface area contributed by atoms with Crippen LogP contribution in [0.5, 0.6) is 5.75 Å². The number of hydrogen-bond donors (Lipinski definition) is 1. The number of ether oxygens (including phenoxy) is 2. The Morgan fingerprint density at radius 3 is 2.69 bits per heavy atom. The fraction of sp³-hybridized carbons (Fsp3) is 0.192. The average Bonchev–Trinajstić information content (AvgIpc) is 3.35. The number of nitrogens with zero attached hydrogens (tertiary/aromatic N) is 3. The first-order valence-corrected chi connectivity index (χ1v) is 11.0. The van der Waals surface area contributed by atoms with Crippen LogP contribution < -0.4 is 10.1 Å². The largest absolute Gasteiger partial charge is 0.490 e. The molecule has 0 spiro atoms. The van der Waals surface area contributed by atoms with E-state index in [0.717, 1.165) is 28.8 Å². The van der Waals surface area contributed by atoms with E-state index in [1.165, 1.54) is 12.1 Å². The quantitative estimate of drug-likeness (QED) is 0.324. The number of hydrogen-bond acceptors (Lipinski definition) is 5. The van der Waals surface area contributed by atoms with Gasteiger partial charge in [0.25, 0.3) is 5.91 Å². The van der Waals surface area contributed by atoms with Gasteiger partial charge in [-0.05, 0) is 48.9 Å². The van der Waals surface area contributed by atoms with E-state index in [-0.39, 0.29) is 5.56 Å². The molecule has 0 aliphatic rings. The van der Waals surface area contributed by atoms with Gasteiger partial charge in [-0.3, -0.25) is 9.78 Å². The second kappa shape index (κ2) is 10.6. The molecule has 4 aromatic rings. The van der Waals surface area contributed by atoms with Gasteiger partial charge in [0.1, 0.15) is 12.4 Å². The molecule has 2 aromatic carbocycles. The fourth-order valence-electron chi connectivity index (χ4n) is 3.53. The zero-order chi connectivity index (χ0) is 25.7. The fourth-order valence-corrected chi connectivity index (χ4v) is 3.53. The molecule has 0 unspecified atom stereocenters. The Bertz CT molecular complexity index is 1370. The predicted octanol–water partition coefficient (Wildman–Crippen LogP) is 5.54. The van der Waals surface area contributed by atoms with Crippen LogP contribution in [0.3, 0.4) is 0 Å². The van der Waals surface area contributed by atoms with E-state index in [1.54, 1.807) is 60.8 Å². The molecule has 0 saturated heterocycles. The molecule has 0 fully saturated rings. The lowest BCUT2D eigenvalue weighted by molar-refractivity contribution is -0.137. The van der Waals surface area contributed by atoms with Crippen molar-refractivity contribution in [3.8, 4) is 22.6 Å². The monoisotopic (exact) mass is 496 g/mol. The number of halogens is 3. The Labute approximate surface area is 205 Å². The normalized spacial score (nSPS) is 11.4. The molecule has 0 bridgehead atoms. The third-order valence-electron chi connectivity index (χ3n) is 5.39. The highest BCUT2D eigenvalue weighted by Gasteiger charge is 2.30. The smallest absolute Gasteiger partial charge is 0.416 e. The van der Waals surface area contributed by atoms with Crippen molar-refractivity contribution in [2.24, 2.45) is 0 Å². The molecule has 10 heteroatoms. The summed E-state index contributed by atoms with van der Waals surface area (Å²) in [6.07, 6.45) is 2.27. The summed E-state index contributed by atoms with van der Waals surface area (Å²) in [7, 11) is 1.60. The number of alkyl halides is 3. The number of methoxy groups -OCH3 is 1. The van der Waals surface area contributed by atoms with E-state index in [0.29, 0.717) is 30.3 Å². The van der Waals surface area contributed by atoms with Crippen LogP contribution in [0.25, 0.3) is 16.8 Å². The minimum atomic E-state index is -4.53. The second-order valence-corrected chi connectivity index (χ2v) is 7.92. The van der Waals surface area contributed by atoms with Crippen molar-refractivity contribution in [2.45, 2.75) is 13.1 Å². The third kappa shape index (κ3) is 5.72. The standard InChI is InChI=1S/C26H23F3N4O3/c1-17-6-7-21(32-25(34)18-4-3-5-20(12-18)26(27,28)29)13-23(17)33-16-19(14-31-33)22-15-30-9-8-24(22)36-11-10-35-2/h3-9,12-16H,10-11H2,1-2H3,(H,32,34). The molecular formula is C26H23F3N4O3. The SMILES string of the molecule is COCCOc1ccncc1-c1cnn(-c2cc(NC(=O)c3cccc(C(F)(F)F)c3)ccc2C)c1. The lowest BCUT2D eigenvalue weighted by atomic mass is 10.1. The Kier molecular flexibility index (Phi) is 7.35. The molecule has 4 rings (SSSR count). The summed E-state index contributed by atoms with van der Waals surface area (Å²) in [5, 5.41) is 7.11. The lowest BCUT2D eigenvalue weighted by Crippen LogP contribution is -2.14. The lowest BCUT2D eigenvalue weighted by Gasteiger charge is -2.12. The number of carbonyl (C=O) groups excluding carboxylic acids is 1. The van der Waals surface area contributed by atoms with Crippen LogP contribution in [0, 0.1) is 6.92 Å². The molecule has 0 saturated carbocycles. The number of pyridine rings is 1. The molecular weight excluding hydrogens is 473 g/mol. The second-order valence-electron chi connectivity index (χ2n) is 7.92. The molecule has 1 amide bonds. The Balaban J connectivity index is 1.57. The Morgan fingerprint density at radius 1 is 1.08 bits per heavy atom. The maximum atomic E-state index is 13.0. The summed E-state index contributed by atoms with van der Waals surface area (Å²) >= 11 is 0. The van der Waals surface area contributed by atoms with E-state index in [2.05, 4.69) is 15.4 Å². The minimum Gasteiger partial charge on any atom is -0.490 e. The van der Waals surface area contributed by atoms with E-state index < -0.39 is 17.6 Å². The van der Waals surface area contributed by atoms with Gasteiger partial charge in [-0.2, -0.15) is 18.3 Å². The number of aromatic nitrogens is 3. The maximum absolute atomic E-state index is 13.0. The van der Waals surface area contributed by atoms with Crippen LogP contribution in [0.4, 0.5) is 18.9 Å². The summed E-state index contributed by atoms with van der Waals surface area (Å²) in [4.78, 5) is 16.8. The van der Waals surface area contributed by atoms with Crippen molar-refractivity contribution in [2.75, 3.05) is 25.6 Å². The van der Waals surface area contributed by atoms with Gasteiger partial charge in [-0.25, -0.2) is 4.68 Å². The van der Waals surface area contributed by atoms with Crippen molar-refractivity contribution >= 4 is 11.6 Å². The van der Waals surface area contributed by atoms with Crippen LogP contribution in [0.15, 0.2) is 73.3 Å². The molecule has 0 aliphatic carbocycles. The van der Waals surface area contributed by atoms with Gasteiger partial charge >= 0.3 is 6.18 Å². The van der Waals surface area contributed by atoms with Crippen LogP contribution >= 0.6 is 0 Å². The Hall–Kier alpha value is -4.18. The molecule has 2 heterocycles. The molecule has 0 atom stereocenters. The van der Waals surface area contributed by atoms with E-state index >= 15 is 0 Å². The van der Waals surface area contributed by atoms with Gasteiger partial charge in [-0.1, -0.05) is 12.1 Å². The van der Waals surface area contributed by atoms with Crippen LogP contribution in [-0.4, -0.2) is 41.0 Å². The molecule has 36 heavy (non-hydrogen) atoms. The summed E-state index contributed by atoms with van der Waals surface area (Å²) in [6.45, 7) is 2.71. The van der Waals surface area contributed by atoms with Crippen molar-refractivity contribution in [1.82, 2.24) is 14.8 Å². The van der Waals surface area contributed by atoms with E-state index in [4.69, 9.17) is 9.47 Å². The van der Waals surface area contributed by atoms with Crippen LogP contribution in [0.2, 0.25) is 0 Å². The number of aryl methyl sites for hydroxylation is 1. The highest BCUT2D eigenvalue weighted by Crippen LogP contribution is 2.31. The van der Waals surface area contributed by atoms with Gasteiger partial charge in [0.2, 0.25) is 0 Å². The zero-order valence-electron chi connectivity index (χ0n) is 19.5. The summed E-state index contributed by atoms with van der Waals surface area (Å²) in [5.41, 5.74) is 2.54. The number of amides is 1. The highest BCUT2D eigenvalue weighted by molar-refractivity contribution is 6.04. The van der Waals surface area contributed by atoms with Crippen LogP contribution in [0.1, 0.15) is 21.5 Å². The zero-order valence-corrected chi connectivity index (χ0v) is 19.5. The number of carbonyl (C=O) groups is 1. The van der Waals surface area contributed by atoms with Crippen molar-refractivity contribution in [1.29, 1.82) is 0 Å². The first-order valence-electron chi connectivity index (χ1n) is 11.0. The summed E-state index contributed by atoms with van der Waals surface area (Å²) in [5.74, 6) is -0.00862. The summed E-state index contributed by atoms with van der Waals surface area (Å²) < 4.78 is 51.5. The van der Waals surface area contributed by atoms with Gasteiger partial charge in [-0.15, -0.1) is 0 Å². The van der Waals surface area contributed by atoms with Gasteiger partial charge < -0.3 is 14.8 Å². The van der Waals surface area contributed by atoms with Crippen LogP contribution in [-0.2, 0) is 10.9 Å².